The van der Waals surface area contributed by atoms with Crippen molar-refractivity contribution in [1.29, 1.82) is 0 Å². The van der Waals surface area contributed by atoms with Gasteiger partial charge in [0, 0.05) is 18.6 Å². The number of hydrogen-bond donors (Lipinski definition) is 1. The van der Waals surface area contributed by atoms with Crippen molar-refractivity contribution in [2.75, 3.05) is 14.2 Å². The Morgan fingerprint density at radius 2 is 2.08 bits per heavy atom. The second kappa shape index (κ2) is 8.47. The molecule has 0 radical (unpaired) electrons. The van der Waals surface area contributed by atoms with Crippen LogP contribution in [-0.4, -0.2) is 40.5 Å². The molecular formula is C19H23ClN4O2. The van der Waals surface area contributed by atoms with Crippen LogP contribution < -0.4 is 4.74 Å². The number of nitrogens with one attached hydrogen (secondary N) is 1. The number of rotatable bonds is 8. The zero-order valence-electron chi connectivity index (χ0n) is 15.2. The van der Waals surface area contributed by atoms with E-state index in [4.69, 9.17) is 21.1 Å². The number of hydrogen-bond acceptors (Lipinski definition) is 5. The fourth-order valence-electron chi connectivity index (χ4n) is 3.25. The minimum atomic E-state index is 0.0193. The molecule has 0 saturated heterocycles. The molecule has 3 aromatic rings. The highest BCUT2D eigenvalue weighted by Gasteiger charge is 2.23. The van der Waals surface area contributed by atoms with Crippen LogP contribution in [0, 0.1) is 5.92 Å². The molecular weight excluding hydrogens is 352 g/mol. The smallest absolute Gasteiger partial charge is 0.120 e. The zero-order valence-corrected chi connectivity index (χ0v) is 16.0. The monoisotopic (exact) mass is 374 g/mol. The number of halogens is 1. The number of benzene rings is 1. The maximum Gasteiger partial charge on any atom is 0.120 e. The first-order chi connectivity index (χ1) is 12.7. The van der Waals surface area contributed by atoms with Gasteiger partial charge in [-0.3, -0.25) is 0 Å². The van der Waals surface area contributed by atoms with E-state index >= 15 is 0 Å². The van der Waals surface area contributed by atoms with Crippen LogP contribution in [0.2, 0.25) is 5.02 Å². The number of nitrogens with zero attached hydrogens (tertiary/aromatic N) is 3. The molecule has 138 valence electrons. The van der Waals surface area contributed by atoms with Gasteiger partial charge in [0.25, 0.3) is 0 Å². The van der Waals surface area contributed by atoms with Crippen molar-refractivity contribution in [2.45, 2.75) is 32.3 Å². The molecule has 0 fully saturated rings. The van der Waals surface area contributed by atoms with Crippen LogP contribution in [0.4, 0.5) is 0 Å². The zero-order chi connectivity index (χ0) is 18.5. The molecule has 0 aliphatic rings. The Balaban J connectivity index is 1.80. The number of aromatic nitrogens is 4. The van der Waals surface area contributed by atoms with Crippen LogP contribution in [0.5, 0.6) is 5.75 Å². The van der Waals surface area contributed by atoms with E-state index in [2.05, 4.69) is 27.1 Å². The molecule has 3 rings (SSSR count). The largest absolute Gasteiger partial charge is 0.497 e. The van der Waals surface area contributed by atoms with Gasteiger partial charge >= 0.3 is 0 Å². The molecule has 7 heteroatoms. The summed E-state index contributed by atoms with van der Waals surface area (Å²) in [4.78, 5) is 7.41. The van der Waals surface area contributed by atoms with E-state index < -0.39 is 0 Å². The Morgan fingerprint density at radius 1 is 1.23 bits per heavy atom. The average molecular weight is 375 g/mol. The highest BCUT2D eigenvalue weighted by Crippen LogP contribution is 2.28. The molecule has 0 aliphatic heterocycles. The number of H-pyrrole nitrogens is 1. The minimum absolute atomic E-state index is 0.0193. The molecule has 0 spiro atoms. The summed E-state index contributed by atoms with van der Waals surface area (Å²) >= 11 is 6.41. The van der Waals surface area contributed by atoms with E-state index in [1.807, 2.05) is 18.2 Å². The third-order valence-electron chi connectivity index (χ3n) is 4.81. The predicted molar refractivity (Wildman–Crippen MR) is 102 cm³/mol. The summed E-state index contributed by atoms with van der Waals surface area (Å²) in [6.07, 6.45) is 5.80. The SMILES string of the molecule is CCC(Cc1nncc2nc[nH]c12)C(Cc1ccc(OC)cc1Cl)OC. The van der Waals surface area contributed by atoms with Gasteiger partial charge in [-0.2, -0.15) is 10.2 Å². The molecule has 2 heterocycles. The highest BCUT2D eigenvalue weighted by atomic mass is 35.5. The van der Waals surface area contributed by atoms with Crippen molar-refractivity contribution in [3.8, 4) is 5.75 Å². The lowest BCUT2D eigenvalue weighted by Gasteiger charge is -2.25. The van der Waals surface area contributed by atoms with E-state index in [9.17, 15) is 0 Å². The van der Waals surface area contributed by atoms with Gasteiger partial charge in [0.2, 0.25) is 0 Å². The fourth-order valence-corrected chi connectivity index (χ4v) is 3.49. The van der Waals surface area contributed by atoms with Crippen LogP contribution in [0.3, 0.4) is 0 Å². The standard InChI is InChI=1S/C19H23ClN4O2/c1-4-12(7-16-19-17(10-23-24-16)21-11-22-19)18(26-3)8-13-5-6-14(25-2)9-15(13)20/h5-6,9-12,18H,4,7-8H2,1-3H3,(H,21,22). The van der Waals surface area contributed by atoms with Crippen LogP contribution in [0.15, 0.2) is 30.7 Å². The average Bonchev–Trinajstić information content (AvgIpc) is 3.15. The molecule has 0 aliphatic carbocycles. The third-order valence-corrected chi connectivity index (χ3v) is 5.16. The molecule has 2 atom stereocenters. The van der Waals surface area contributed by atoms with Gasteiger partial charge in [-0.1, -0.05) is 31.0 Å². The topological polar surface area (TPSA) is 72.9 Å². The summed E-state index contributed by atoms with van der Waals surface area (Å²) in [6, 6.07) is 5.75. The minimum Gasteiger partial charge on any atom is -0.497 e. The number of fused-ring (bicyclic) bond motifs is 1. The van der Waals surface area contributed by atoms with Crippen molar-refractivity contribution < 1.29 is 9.47 Å². The predicted octanol–water partition coefficient (Wildman–Crippen LogP) is 3.84. The quantitative estimate of drug-likeness (QED) is 0.648. The summed E-state index contributed by atoms with van der Waals surface area (Å²) in [7, 11) is 3.38. The van der Waals surface area contributed by atoms with Gasteiger partial charge < -0.3 is 14.5 Å². The van der Waals surface area contributed by atoms with Gasteiger partial charge in [0.15, 0.2) is 0 Å². The Kier molecular flexibility index (Phi) is 6.06. The molecule has 1 aromatic carbocycles. The number of imidazole rings is 1. The van der Waals surface area contributed by atoms with E-state index in [0.717, 1.165) is 47.3 Å². The summed E-state index contributed by atoms with van der Waals surface area (Å²) in [5, 5.41) is 9.07. The molecule has 0 amide bonds. The number of ether oxygens (including phenoxy) is 2. The maximum atomic E-state index is 6.41. The van der Waals surface area contributed by atoms with E-state index in [1.165, 1.54) is 0 Å². The van der Waals surface area contributed by atoms with Crippen LogP contribution in [0.1, 0.15) is 24.6 Å². The van der Waals surface area contributed by atoms with E-state index in [1.54, 1.807) is 26.7 Å². The Labute approximate surface area is 157 Å². The van der Waals surface area contributed by atoms with Gasteiger partial charge in [-0.25, -0.2) is 4.98 Å². The summed E-state index contributed by atoms with van der Waals surface area (Å²) < 4.78 is 11.0. The summed E-state index contributed by atoms with van der Waals surface area (Å²) in [5.41, 5.74) is 3.73. The first-order valence-electron chi connectivity index (χ1n) is 8.65. The van der Waals surface area contributed by atoms with Gasteiger partial charge in [0.05, 0.1) is 36.9 Å². The van der Waals surface area contributed by atoms with Crippen LogP contribution >= 0.6 is 11.6 Å². The Morgan fingerprint density at radius 3 is 2.77 bits per heavy atom. The Hall–Kier alpha value is -2.18. The van der Waals surface area contributed by atoms with E-state index in [-0.39, 0.29) is 12.0 Å². The molecule has 1 N–H and O–H groups in total. The second-order valence-electron chi connectivity index (χ2n) is 6.26. The second-order valence-corrected chi connectivity index (χ2v) is 6.67. The van der Waals surface area contributed by atoms with Crippen molar-refractivity contribution in [3.63, 3.8) is 0 Å². The molecule has 6 nitrogen and oxygen atoms in total. The third kappa shape index (κ3) is 3.97. The van der Waals surface area contributed by atoms with Gasteiger partial charge in [-0.05, 0) is 30.0 Å². The van der Waals surface area contributed by atoms with Crippen molar-refractivity contribution >= 4 is 22.6 Å². The number of methoxy groups -OCH3 is 2. The maximum absolute atomic E-state index is 6.41. The molecule has 2 aromatic heterocycles. The summed E-state index contributed by atoms with van der Waals surface area (Å²) in [5.74, 6) is 1.03. The van der Waals surface area contributed by atoms with Crippen molar-refractivity contribution in [2.24, 2.45) is 5.92 Å². The molecule has 0 saturated carbocycles. The van der Waals surface area contributed by atoms with Crippen molar-refractivity contribution in [3.05, 3.63) is 47.0 Å². The summed E-state index contributed by atoms with van der Waals surface area (Å²) in [6.45, 7) is 2.16. The van der Waals surface area contributed by atoms with Gasteiger partial charge in [0.1, 0.15) is 11.3 Å². The van der Waals surface area contributed by atoms with Gasteiger partial charge in [-0.15, -0.1) is 0 Å². The lowest BCUT2D eigenvalue weighted by molar-refractivity contribution is 0.0502. The molecule has 2 unspecified atom stereocenters. The lowest BCUT2D eigenvalue weighted by Crippen LogP contribution is -2.27. The molecule has 0 bridgehead atoms. The lowest BCUT2D eigenvalue weighted by atomic mass is 9.89. The van der Waals surface area contributed by atoms with Crippen LogP contribution in [-0.2, 0) is 17.6 Å². The highest BCUT2D eigenvalue weighted by molar-refractivity contribution is 6.31. The van der Waals surface area contributed by atoms with E-state index in [0.29, 0.717) is 5.02 Å². The fraction of sp³-hybridized carbons (Fsp3) is 0.421. The Bertz CT molecular complexity index is 868. The first-order valence-corrected chi connectivity index (χ1v) is 9.02. The number of aromatic amines is 1. The normalized spacial score (nSPS) is 13.7. The molecule has 26 heavy (non-hydrogen) atoms. The van der Waals surface area contributed by atoms with Crippen LogP contribution in [0.25, 0.3) is 11.0 Å². The first kappa shape index (κ1) is 18.6. The van der Waals surface area contributed by atoms with Crippen molar-refractivity contribution in [1.82, 2.24) is 20.2 Å².